The van der Waals surface area contributed by atoms with Crippen LogP contribution in [0.2, 0.25) is 0 Å². The Morgan fingerprint density at radius 3 is 2.68 bits per heavy atom. The van der Waals surface area contributed by atoms with E-state index in [1.54, 1.807) is 0 Å². The number of nitrogens with one attached hydrogen (secondary N) is 1. The van der Waals surface area contributed by atoms with Crippen molar-refractivity contribution in [2.45, 2.75) is 58.5 Å². The number of hydrogen-bond donors (Lipinski definition) is 1. The molecule has 2 rings (SSSR count). The molecule has 0 amide bonds. The van der Waals surface area contributed by atoms with Gasteiger partial charge in [-0.3, -0.25) is 0 Å². The molecule has 19 heavy (non-hydrogen) atoms. The molecule has 0 spiro atoms. The summed E-state index contributed by atoms with van der Waals surface area (Å²) in [5.74, 6) is 1.13. The summed E-state index contributed by atoms with van der Waals surface area (Å²) in [6, 6.07) is 5.27. The number of anilines is 1. The minimum atomic E-state index is 0.764. The maximum Gasteiger partial charge on any atom is 0.128 e. The average molecular weight is 261 g/mol. The van der Waals surface area contributed by atoms with Gasteiger partial charge in [0.1, 0.15) is 5.82 Å². The van der Waals surface area contributed by atoms with Crippen LogP contribution in [0.1, 0.15) is 50.8 Å². The number of aryl methyl sites for hydroxylation is 1. The number of nitrogens with zero attached hydrogens (tertiary/aromatic N) is 2. The van der Waals surface area contributed by atoms with E-state index in [4.69, 9.17) is 4.98 Å². The zero-order chi connectivity index (χ0) is 13.7. The molecule has 106 valence electrons. The van der Waals surface area contributed by atoms with E-state index < -0.39 is 0 Å². The molecule has 3 nitrogen and oxygen atoms in total. The van der Waals surface area contributed by atoms with Crippen molar-refractivity contribution in [3.63, 3.8) is 0 Å². The van der Waals surface area contributed by atoms with Crippen LogP contribution in [0.4, 0.5) is 5.82 Å². The minimum absolute atomic E-state index is 0.764. The van der Waals surface area contributed by atoms with E-state index in [1.807, 2.05) is 0 Å². The topological polar surface area (TPSA) is 28.2 Å². The van der Waals surface area contributed by atoms with Gasteiger partial charge >= 0.3 is 0 Å². The summed E-state index contributed by atoms with van der Waals surface area (Å²) in [6.07, 6.45) is 6.07. The first-order valence-electron chi connectivity index (χ1n) is 7.67. The van der Waals surface area contributed by atoms with Gasteiger partial charge in [-0.25, -0.2) is 4.98 Å². The van der Waals surface area contributed by atoms with Crippen LogP contribution in [0, 0.1) is 0 Å². The Bertz CT molecular complexity index is 399. The minimum Gasteiger partial charge on any atom is -0.360 e. The lowest BCUT2D eigenvalue weighted by Gasteiger charge is -2.19. The van der Waals surface area contributed by atoms with Gasteiger partial charge in [0, 0.05) is 31.9 Å². The number of pyridine rings is 1. The molecule has 1 aromatic rings. The highest BCUT2D eigenvalue weighted by Crippen LogP contribution is 2.21. The van der Waals surface area contributed by atoms with Crippen LogP contribution in [0.15, 0.2) is 12.1 Å². The quantitative estimate of drug-likeness (QED) is 0.779. The molecule has 0 saturated heterocycles. The van der Waals surface area contributed by atoms with Crippen LogP contribution in [0.25, 0.3) is 0 Å². The summed E-state index contributed by atoms with van der Waals surface area (Å²) in [6.45, 7) is 6.48. The Hall–Kier alpha value is -1.09. The molecule has 3 heteroatoms. The van der Waals surface area contributed by atoms with Crippen molar-refractivity contribution < 1.29 is 0 Å². The second-order valence-corrected chi connectivity index (χ2v) is 5.65. The lowest BCUT2D eigenvalue weighted by molar-refractivity contribution is 0.684. The largest absolute Gasteiger partial charge is 0.360 e. The molecule has 1 aliphatic rings. The van der Waals surface area contributed by atoms with E-state index in [-0.39, 0.29) is 0 Å². The third-order valence-electron chi connectivity index (χ3n) is 3.55. The monoisotopic (exact) mass is 261 g/mol. The van der Waals surface area contributed by atoms with E-state index in [0.29, 0.717) is 0 Å². The van der Waals surface area contributed by atoms with Gasteiger partial charge in [-0.05, 0) is 43.4 Å². The number of hydrogen-bond acceptors (Lipinski definition) is 3. The van der Waals surface area contributed by atoms with Crippen molar-refractivity contribution in [3.05, 3.63) is 23.4 Å². The highest BCUT2D eigenvalue weighted by Gasteiger charge is 2.20. The maximum atomic E-state index is 4.78. The fraction of sp³-hybridized carbons (Fsp3) is 0.688. The Morgan fingerprint density at radius 1 is 1.26 bits per heavy atom. The van der Waals surface area contributed by atoms with Crippen LogP contribution in [-0.2, 0) is 13.0 Å². The summed E-state index contributed by atoms with van der Waals surface area (Å²) in [7, 11) is 2.14. The molecule has 1 N–H and O–H groups in total. The van der Waals surface area contributed by atoms with Crippen LogP contribution < -0.4 is 10.2 Å². The molecule has 1 fully saturated rings. The first-order valence-corrected chi connectivity index (χ1v) is 7.67. The van der Waals surface area contributed by atoms with Crippen molar-refractivity contribution in [3.8, 4) is 0 Å². The van der Waals surface area contributed by atoms with Gasteiger partial charge in [0.05, 0.1) is 0 Å². The fourth-order valence-corrected chi connectivity index (χ4v) is 2.31. The zero-order valence-corrected chi connectivity index (χ0v) is 12.6. The van der Waals surface area contributed by atoms with Gasteiger partial charge in [-0.1, -0.05) is 20.3 Å². The van der Waals surface area contributed by atoms with Crippen LogP contribution >= 0.6 is 0 Å². The van der Waals surface area contributed by atoms with Crippen LogP contribution in [0.5, 0.6) is 0 Å². The Labute approximate surface area is 117 Å². The standard InChI is InChI=1S/C16H27N3/c1-4-6-15-10-13(12-17-14-7-8-14)11-16(18-15)19(3)9-5-2/h10-11,14,17H,4-9,12H2,1-3H3. The van der Waals surface area contributed by atoms with E-state index in [9.17, 15) is 0 Å². The van der Waals surface area contributed by atoms with Gasteiger partial charge in [0.15, 0.2) is 0 Å². The molecular formula is C16H27N3. The molecule has 1 aliphatic carbocycles. The molecular weight excluding hydrogens is 234 g/mol. The van der Waals surface area contributed by atoms with E-state index >= 15 is 0 Å². The molecule has 0 aliphatic heterocycles. The van der Waals surface area contributed by atoms with Crippen LogP contribution in [0.3, 0.4) is 0 Å². The van der Waals surface area contributed by atoms with E-state index in [1.165, 1.54) is 24.1 Å². The fourth-order valence-electron chi connectivity index (χ4n) is 2.31. The van der Waals surface area contributed by atoms with Gasteiger partial charge in [-0.2, -0.15) is 0 Å². The van der Waals surface area contributed by atoms with Gasteiger partial charge in [0.25, 0.3) is 0 Å². The number of rotatable bonds is 8. The average Bonchev–Trinajstić information content (AvgIpc) is 3.21. The molecule has 1 heterocycles. The van der Waals surface area contributed by atoms with Crippen molar-refractivity contribution in [2.75, 3.05) is 18.5 Å². The smallest absolute Gasteiger partial charge is 0.128 e. The lowest BCUT2D eigenvalue weighted by atomic mass is 10.1. The normalized spacial score (nSPS) is 14.7. The summed E-state index contributed by atoms with van der Waals surface area (Å²) >= 11 is 0. The van der Waals surface area contributed by atoms with Crippen molar-refractivity contribution >= 4 is 5.82 Å². The Kier molecular flexibility index (Phi) is 5.20. The SMILES string of the molecule is CCCc1cc(CNC2CC2)cc(N(C)CCC)n1. The molecule has 0 radical (unpaired) electrons. The molecule has 0 unspecified atom stereocenters. The second-order valence-electron chi connectivity index (χ2n) is 5.65. The van der Waals surface area contributed by atoms with Crippen molar-refractivity contribution in [1.82, 2.24) is 10.3 Å². The number of aromatic nitrogens is 1. The molecule has 0 atom stereocenters. The Balaban J connectivity index is 2.10. The maximum absolute atomic E-state index is 4.78. The van der Waals surface area contributed by atoms with E-state index in [0.717, 1.165) is 44.2 Å². The Morgan fingerprint density at radius 2 is 2.05 bits per heavy atom. The third kappa shape index (κ3) is 4.50. The van der Waals surface area contributed by atoms with Crippen molar-refractivity contribution in [2.24, 2.45) is 0 Å². The highest BCUT2D eigenvalue weighted by molar-refractivity contribution is 5.42. The molecule has 0 aromatic carbocycles. The van der Waals surface area contributed by atoms with Crippen LogP contribution in [-0.4, -0.2) is 24.6 Å². The van der Waals surface area contributed by atoms with Gasteiger partial charge < -0.3 is 10.2 Å². The predicted molar refractivity (Wildman–Crippen MR) is 81.7 cm³/mol. The zero-order valence-electron chi connectivity index (χ0n) is 12.6. The predicted octanol–water partition coefficient (Wildman–Crippen LogP) is 3.13. The second kappa shape index (κ2) is 6.90. The van der Waals surface area contributed by atoms with E-state index in [2.05, 4.69) is 43.2 Å². The first-order chi connectivity index (χ1) is 9.22. The third-order valence-corrected chi connectivity index (χ3v) is 3.55. The van der Waals surface area contributed by atoms with Crippen molar-refractivity contribution in [1.29, 1.82) is 0 Å². The summed E-state index contributed by atoms with van der Waals surface area (Å²) in [5, 5.41) is 3.59. The summed E-state index contributed by atoms with van der Waals surface area (Å²) < 4.78 is 0. The van der Waals surface area contributed by atoms with Gasteiger partial charge in [-0.15, -0.1) is 0 Å². The summed E-state index contributed by atoms with van der Waals surface area (Å²) in [5.41, 5.74) is 2.61. The lowest BCUT2D eigenvalue weighted by Crippen LogP contribution is -2.21. The molecule has 1 aromatic heterocycles. The first kappa shape index (κ1) is 14.3. The summed E-state index contributed by atoms with van der Waals surface area (Å²) in [4.78, 5) is 7.05. The highest BCUT2D eigenvalue weighted by atomic mass is 15.2. The molecule has 1 saturated carbocycles. The molecule has 0 bridgehead atoms. The van der Waals surface area contributed by atoms with Gasteiger partial charge in [0.2, 0.25) is 0 Å².